The van der Waals surface area contributed by atoms with Crippen LogP contribution in [0.4, 0.5) is 0 Å². The van der Waals surface area contributed by atoms with Gasteiger partial charge < -0.3 is 4.42 Å². The summed E-state index contributed by atoms with van der Waals surface area (Å²) in [4.78, 5) is 6.71. The highest BCUT2D eigenvalue weighted by Crippen LogP contribution is 2.20. The minimum absolute atomic E-state index is 0.114. The van der Waals surface area contributed by atoms with Crippen LogP contribution in [0.2, 0.25) is 5.02 Å². The van der Waals surface area contributed by atoms with Crippen LogP contribution in [0.3, 0.4) is 0 Å². The first kappa shape index (κ1) is 8.87. The van der Waals surface area contributed by atoms with Crippen LogP contribution in [0.25, 0.3) is 21.5 Å². The summed E-state index contributed by atoms with van der Waals surface area (Å²) in [6.45, 7) is 0.114. The molecule has 1 aromatic carbocycles. The predicted molar refractivity (Wildman–Crippen MR) is 51.9 cm³/mol. The molecule has 0 aliphatic rings. The Hall–Kier alpha value is -1.71. The number of nitrogens with zero attached hydrogens (tertiary/aromatic N) is 4. The van der Waals surface area contributed by atoms with Crippen LogP contribution < -0.4 is 0 Å². The van der Waals surface area contributed by atoms with E-state index in [1.165, 1.54) is 0 Å². The summed E-state index contributed by atoms with van der Waals surface area (Å²) in [7, 11) is 0. The number of benzene rings is 1. The molecule has 2 rings (SSSR count). The third kappa shape index (κ3) is 1.64. The van der Waals surface area contributed by atoms with E-state index in [9.17, 15) is 0 Å². The molecule has 5 nitrogen and oxygen atoms in total. The van der Waals surface area contributed by atoms with Crippen molar-refractivity contribution < 1.29 is 4.42 Å². The predicted octanol–water partition coefficient (Wildman–Crippen LogP) is 3.29. The SMILES string of the molecule is [N-]=[N+]=NCc1nc2cc(Cl)ccc2o1. The van der Waals surface area contributed by atoms with Crippen molar-refractivity contribution in [3.05, 3.63) is 39.6 Å². The van der Waals surface area contributed by atoms with Crippen LogP contribution in [0.1, 0.15) is 5.89 Å². The fourth-order valence-corrected chi connectivity index (χ4v) is 1.27. The lowest BCUT2D eigenvalue weighted by Crippen LogP contribution is -1.76. The lowest BCUT2D eigenvalue weighted by atomic mass is 10.3. The van der Waals surface area contributed by atoms with E-state index in [1.54, 1.807) is 18.2 Å². The van der Waals surface area contributed by atoms with Crippen molar-refractivity contribution in [3.8, 4) is 0 Å². The van der Waals surface area contributed by atoms with Crippen molar-refractivity contribution in [2.75, 3.05) is 0 Å². The maximum atomic E-state index is 8.11. The van der Waals surface area contributed by atoms with Crippen LogP contribution >= 0.6 is 11.6 Å². The molecular weight excluding hydrogens is 204 g/mol. The van der Waals surface area contributed by atoms with Crippen molar-refractivity contribution in [1.82, 2.24) is 4.98 Å². The molecule has 0 saturated carbocycles. The Kier molecular flexibility index (Phi) is 2.26. The zero-order valence-electron chi connectivity index (χ0n) is 7.01. The minimum atomic E-state index is 0.114. The second kappa shape index (κ2) is 3.57. The molecule has 1 aromatic heterocycles. The van der Waals surface area contributed by atoms with Crippen molar-refractivity contribution in [2.45, 2.75) is 6.54 Å². The normalized spacial score (nSPS) is 10.1. The Bertz CT molecular complexity index is 515. The first-order valence-electron chi connectivity index (χ1n) is 3.85. The van der Waals surface area contributed by atoms with E-state index in [4.69, 9.17) is 21.5 Å². The molecule has 14 heavy (non-hydrogen) atoms. The Labute approximate surface area is 83.9 Å². The monoisotopic (exact) mass is 208 g/mol. The first-order chi connectivity index (χ1) is 6.79. The highest BCUT2D eigenvalue weighted by molar-refractivity contribution is 6.31. The molecule has 0 N–H and O–H groups in total. The Morgan fingerprint density at radius 2 is 2.43 bits per heavy atom. The lowest BCUT2D eigenvalue weighted by molar-refractivity contribution is 0.533. The molecule has 1 heterocycles. The van der Waals surface area contributed by atoms with Crippen LogP contribution in [0.5, 0.6) is 0 Å². The molecule has 0 aliphatic heterocycles. The number of hydrogen-bond donors (Lipinski definition) is 0. The summed E-state index contributed by atoms with van der Waals surface area (Å²) in [5.41, 5.74) is 9.42. The molecule has 0 fully saturated rings. The molecule has 0 saturated heterocycles. The number of fused-ring (bicyclic) bond motifs is 1. The van der Waals surface area contributed by atoms with Gasteiger partial charge in [-0.25, -0.2) is 4.98 Å². The van der Waals surface area contributed by atoms with Gasteiger partial charge in [-0.3, -0.25) is 0 Å². The molecule has 6 heteroatoms. The van der Waals surface area contributed by atoms with E-state index in [2.05, 4.69) is 15.0 Å². The number of azide groups is 1. The number of oxazole rings is 1. The summed E-state index contributed by atoms with van der Waals surface area (Å²) in [6.07, 6.45) is 0. The van der Waals surface area contributed by atoms with Gasteiger partial charge in [-0.15, -0.1) is 0 Å². The quantitative estimate of drug-likeness (QED) is 0.431. The molecule has 0 spiro atoms. The van der Waals surface area contributed by atoms with E-state index in [-0.39, 0.29) is 6.54 Å². The number of aromatic nitrogens is 1. The summed E-state index contributed by atoms with van der Waals surface area (Å²) in [5, 5.41) is 3.95. The summed E-state index contributed by atoms with van der Waals surface area (Å²) in [6, 6.07) is 5.14. The van der Waals surface area contributed by atoms with Gasteiger partial charge in [-0.05, 0) is 23.7 Å². The van der Waals surface area contributed by atoms with Crippen LogP contribution in [0, 0.1) is 0 Å². The number of hydrogen-bond acceptors (Lipinski definition) is 3. The van der Waals surface area contributed by atoms with E-state index < -0.39 is 0 Å². The van der Waals surface area contributed by atoms with Crippen molar-refractivity contribution >= 4 is 22.7 Å². The molecule has 0 bridgehead atoms. The third-order valence-electron chi connectivity index (χ3n) is 1.66. The third-order valence-corrected chi connectivity index (χ3v) is 1.90. The summed E-state index contributed by atoms with van der Waals surface area (Å²) in [5.74, 6) is 0.389. The van der Waals surface area contributed by atoms with Gasteiger partial charge in [0.1, 0.15) is 12.1 Å². The molecule has 0 radical (unpaired) electrons. The van der Waals surface area contributed by atoms with Crippen molar-refractivity contribution in [1.29, 1.82) is 0 Å². The maximum absolute atomic E-state index is 8.11. The van der Waals surface area contributed by atoms with Gasteiger partial charge in [0.2, 0.25) is 5.89 Å². The Morgan fingerprint density at radius 1 is 1.57 bits per heavy atom. The number of halogens is 1. The highest BCUT2D eigenvalue weighted by Gasteiger charge is 2.04. The zero-order chi connectivity index (χ0) is 9.97. The molecule has 0 atom stereocenters. The van der Waals surface area contributed by atoms with Gasteiger partial charge in [0.15, 0.2) is 5.58 Å². The average molecular weight is 209 g/mol. The van der Waals surface area contributed by atoms with Crippen LogP contribution in [-0.4, -0.2) is 4.98 Å². The summed E-state index contributed by atoms with van der Waals surface area (Å²) < 4.78 is 5.29. The van der Waals surface area contributed by atoms with E-state index in [1.807, 2.05) is 0 Å². The van der Waals surface area contributed by atoms with Crippen LogP contribution in [-0.2, 0) is 6.54 Å². The fourth-order valence-electron chi connectivity index (χ4n) is 1.11. The van der Waals surface area contributed by atoms with Gasteiger partial charge in [0.25, 0.3) is 0 Å². The van der Waals surface area contributed by atoms with Crippen molar-refractivity contribution in [3.63, 3.8) is 0 Å². The fraction of sp³-hybridized carbons (Fsp3) is 0.125. The van der Waals surface area contributed by atoms with Gasteiger partial charge in [-0.1, -0.05) is 16.7 Å². The molecule has 0 amide bonds. The van der Waals surface area contributed by atoms with Gasteiger partial charge in [-0.2, -0.15) is 0 Å². The van der Waals surface area contributed by atoms with Gasteiger partial charge in [0, 0.05) is 9.93 Å². The molecule has 0 aliphatic carbocycles. The maximum Gasteiger partial charge on any atom is 0.201 e. The van der Waals surface area contributed by atoms with E-state index in [0.717, 1.165) is 0 Å². The minimum Gasteiger partial charge on any atom is -0.441 e. The zero-order valence-corrected chi connectivity index (χ0v) is 7.77. The molecule has 2 aromatic rings. The lowest BCUT2D eigenvalue weighted by Gasteiger charge is -1.85. The van der Waals surface area contributed by atoms with Crippen LogP contribution in [0.15, 0.2) is 27.7 Å². The summed E-state index contributed by atoms with van der Waals surface area (Å²) >= 11 is 5.77. The molecule has 70 valence electrons. The second-order valence-electron chi connectivity index (χ2n) is 2.61. The second-order valence-corrected chi connectivity index (χ2v) is 3.05. The molecular formula is C8H5ClN4O. The standard InChI is InChI=1S/C8H5ClN4O/c9-5-1-2-7-6(3-5)12-8(14-7)4-11-13-10/h1-3H,4H2. The first-order valence-corrected chi connectivity index (χ1v) is 4.23. The topological polar surface area (TPSA) is 74.8 Å². The number of rotatable bonds is 2. The Balaban J connectivity index is 2.45. The highest BCUT2D eigenvalue weighted by atomic mass is 35.5. The largest absolute Gasteiger partial charge is 0.441 e. The molecule has 0 unspecified atom stereocenters. The smallest absolute Gasteiger partial charge is 0.201 e. The van der Waals surface area contributed by atoms with E-state index in [0.29, 0.717) is 22.0 Å². The Morgan fingerprint density at radius 3 is 3.21 bits per heavy atom. The van der Waals surface area contributed by atoms with Gasteiger partial charge >= 0.3 is 0 Å². The average Bonchev–Trinajstić information content (AvgIpc) is 2.56. The van der Waals surface area contributed by atoms with Crippen molar-refractivity contribution in [2.24, 2.45) is 5.11 Å². The van der Waals surface area contributed by atoms with Gasteiger partial charge in [0.05, 0.1) is 0 Å². The van der Waals surface area contributed by atoms with E-state index >= 15 is 0 Å².